The highest BCUT2D eigenvalue weighted by atomic mass is 16.5. The van der Waals surface area contributed by atoms with Gasteiger partial charge >= 0.3 is 6.03 Å². The van der Waals surface area contributed by atoms with E-state index in [0.717, 1.165) is 11.3 Å². The van der Waals surface area contributed by atoms with Crippen molar-refractivity contribution in [2.75, 3.05) is 46.3 Å². The number of carbonyl (C=O) groups is 2. The van der Waals surface area contributed by atoms with Crippen LogP contribution in [-0.2, 0) is 22.6 Å². The minimum Gasteiger partial charge on any atom is -0.497 e. The van der Waals surface area contributed by atoms with Gasteiger partial charge in [-0.15, -0.1) is 0 Å². The first kappa shape index (κ1) is 26.6. The average Bonchev–Trinajstić information content (AvgIpc) is 3.31. The van der Waals surface area contributed by atoms with E-state index in [-0.39, 0.29) is 32.1 Å². The second-order valence-electron chi connectivity index (χ2n) is 8.16. The molecule has 0 aliphatic heterocycles. The molecule has 2 aromatic carbocycles. The third kappa shape index (κ3) is 7.51. The van der Waals surface area contributed by atoms with Gasteiger partial charge in [-0.1, -0.05) is 30.3 Å². The summed E-state index contributed by atoms with van der Waals surface area (Å²) in [6.45, 7) is 2.89. The summed E-state index contributed by atoms with van der Waals surface area (Å²) in [6.07, 6.45) is 0. The second-order valence-corrected chi connectivity index (χ2v) is 8.16. The van der Waals surface area contributed by atoms with Gasteiger partial charge in [-0.05, 0) is 36.8 Å². The molecule has 0 bridgehead atoms. The van der Waals surface area contributed by atoms with Crippen molar-refractivity contribution in [1.29, 1.82) is 0 Å². The molecule has 192 valence electrons. The van der Waals surface area contributed by atoms with Gasteiger partial charge in [-0.3, -0.25) is 4.79 Å². The number of hydrogen-bond acceptors (Lipinski definition) is 6. The second kappa shape index (κ2) is 13.2. The fourth-order valence-corrected chi connectivity index (χ4v) is 3.61. The van der Waals surface area contributed by atoms with Crippen molar-refractivity contribution >= 4 is 17.6 Å². The van der Waals surface area contributed by atoms with Gasteiger partial charge in [0.15, 0.2) is 0 Å². The Hall–Kier alpha value is -3.98. The Morgan fingerprint density at radius 2 is 1.69 bits per heavy atom. The normalized spacial score (nSPS) is 10.6. The zero-order valence-corrected chi connectivity index (χ0v) is 21.2. The van der Waals surface area contributed by atoms with E-state index in [0.29, 0.717) is 29.5 Å². The van der Waals surface area contributed by atoms with Crippen LogP contribution >= 0.6 is 0 Å². The lowest BCUT2D eigenvalue weighted by atomic mass is 10.2. The van der Waals surface area contributed by atoms with E-state index in [1.807, 2.05) is 49.4 Å². The number of carbonyl (C=O) groups excluding carboxylic acids is 2. The first-order valence-electron chi connectivity index (χ1n) is 11.6. The number of rotatable bonds is 12. The maximum Gasteiger partial charge on any atom is 0.322 e. The SMILES string of the molecule is COCCN(CC(=O)N(Cc1ccccc1)Cc1ccc(C)o1)C(=O)Nc1ccc(OC)cc1OC. The first-order valence-corrected chi connectivity index (χ1v) is 11.6. The number of aryl methyl sites for hydroxylation is 1. The maximum atomic E-state index is 13.5. The molecule has 0 atom stereocenters. The van der Waals surface area contributed by atoms with Crippen LogP contribution in [0.3, 0.4) is 0 Å². The van der Waals surface area contributed by atoms with Crippen LogP contribution in [0, 0.1) is 6.92 Å². The van der Waals surface area contributed by atoms with E-state index >= 15 is 0 Å². The Bertz CT molecular complexity index is 1130. The van der Waals surface area contributed by atoms with E-state index in [4.69, 9.17) is 18.6 Å². The van der Waals surface area contributed by atoms with Gasteiger partial charge in [-0.25, -0.2) is 4.79 Å². The number of nitrogens with zero attached hydrogens (tertiary/aromatic N) is 2. The van der Waals surface area contributed by atoms with E-state index in [9.17, 15) is 9.59 Å². The molecule has 0 unspecified atom stereocenters. The summed E-state index contributed by atoms with van der Waals surface area (Å²) in [5.74, 6) is 2.26. The Morgan fingerprint density at radius 1 is 0.917 bits per heavy atom. The summed E-state index contributed by atoms with van der Waals surface area (Å²) in [4.78, 5) is 29.8. The number of hydrogen-bond donors (Lipinski definition) is 1. The smallest absolute Gasteiger partial charge is 0.322 e. The van der Waals surface area contributed by atoms with Crippen LogP contribution in [0.4, 0.5) is 10.5 Å². The van der Waals surface area contributed by atoms with Gasteiger partial charge < -0.3 is 33.7 Å². The molecule has 3 rings (SSSR count). The highest BCUT2D eigenvalue weighted by Gasteiger charge is 2.23. The molecule has 0 fully saturated rings. The van der Waals surface area contributed by atoms with Gasteiger partial charge in [0.1, 0.15) is 29.6 Å². The molecule has 0 spiro atoms. The summed E-state index contributed by atoms with van der Waals surface area (Å²) in [6, 6.07) is 18.0. The largest absolute Gasteiger partial charge is 0.497 e. The summed E-state index contributed by atoms with van der Waals surface area (Å²) >= 11 is 0. The van der Waals surface area contributed by atoms with Crippen molar-refractivity contribution in [3.05, 3.63) is 77.7 Å². The number of ether oxygens (including phenoxy) is 3. The molecule has 9 heteroatoms. The summed E-state index contributed by atoms with van der Waals surface area (Å²) in [7, 11) is 4.61. The lowest BCUT2D eigenvalue weighted by Gasteiger charge is -2.27. The van der Waals surface area contributed by atoms with Crippen molar-refractivity contribution in [2.45, 2.75) is 20.0 Å². The van der Waals surface area contributed by atoms with Crippen molar-refractivity contribution in [3.8, 4) is 11.5 Å². The predicted octanol–water partition coefficient (Wildman–Crippen LogP) is 4.31. The quantitative estimate of drug-likeness (QED) is 0.402. The van der Waals surface area contributed by atoms with Gasteiger partial charge in [0.2, 0.25) is 5.91 Å². The molecule has 3 aromatic rings. The van der Waals surface area contributed by atoms with Crippen molar-refractivity contribution in [1.82, 2.24) is 9.80 Å². The number of methoxy groups -OCH3 is 3. The number of amides is 3. The molecule has 36 heavy (non-hydrogen) atoms. The zero-order valence-electron chi connectivity index (χ0n) is 21.2. The Morgan fingerprint density at radius 3 is 2.33 bits per heavy atom. The highest BCUT2D eigenvalue weighted by molar-refractivity contribution is 5.93. The van der Waals surface area contributed by atoms with Crippen LogP contribution in [0.5, 0.6) is 11.5 Å². The van der Waals surface area contributed by atoms with Crippen LogP contribution in [-0.4, -0.2) is 62.8 Å². The van der Waals surface area contributed by atoms with Crippen LogP contribution in [0.1, 0.15) is 17.1 Å². The number of anilines is 1. The number of benzene rings is 2. The molecule has 1 heterocycles. The molecule has 0 radical (unpaired) electrons. The lowest BCUT2D eigenvalue weighted by molar-refractivity contribution is -0.133. The van der Waals surface area contributed by atoms with E-state index < -0.39 is 6.03 Å². The molecule has 9 nitrogen and oxygen atoms in total. The topological polar surface area (TPSA) is 93.5 Å². The van der Waals surface area contributed by atoms with Gasteiger partial charge in [0, 0.05) is 26.3 Å². The molecule has 1 aromatic heterocycles. The predicted molar refractivity (Wildman–Crippen MR) is 136 cm³/mol. The third-order valence-electron chi connectivity index (χ3n) is 5.54. The van der Waals surface area contributed by atoms with Crippen molar-refractivity contribution in [2.24, 2.45) is 0 Å². The zero-order chi connectivity index (χ0) is 25.9. The van der Waals surface area contributed by atoms with Crippen LogP contribution in [0.25, 0.3) is 0 Å². The Kier molecular flexibility index (Phi) is 9.76. The third-order valence-corrected chi connectivity index (χ3v) is 5.54. The number of nitrogens with one attached hydrogen (secondary N) is 1. The minimum atomic E-state index is -0.447. The van der Waals surface area contributed by atoms with Crippen LogP contribution < -0.4 is 14.8 Å². The molecule has 0 saturated heterocycles. The van der Waals surface area contributed by atoms with E-state index in [2.05, 4.69) is 5.32 Å². The fourth-order valence-electron chi connectivity index (χ4n) is 3.61. The summed E-state index contributed by atoms with van der Waals surface area (Å²) < 4.78 is 21.5. The standard InChI is InChI=1S/C27H33N3O6/c1-20-10-11-23(36-20)18-30(17-21-8-6-5-7-9-21)26(31)19-29(14-15-33-2)27(32)28-24-13-12-22(34-3)16-25(24)35-4/h5-13,16H,14-15,17-19H2,1-4H3,(H,28,32). The molecular formula is C27H33N3O6. The average molecular weight is 496 g/mol. The van der Waals surface area contributed by atoms with Crippen molar-refractivity contribution in [3.63, 3.8) is 0 Å². The molecule has 3 amide bonds. The maximum absolute atomic E-state index is 13.5. The molecule has 0 saturated carbocycles. The lowest BCUT2D eigenvalue weighted by Crippen LogP contribution is -2.45. The van der Waals surface area contributed by atoms with Gasteiger partial charge in [0.05, 0.1) is 33.1 Å². The monoisotopic (exact) mass is 495 g/mol. The Labute approximate surface area is 211 Å². The number of furan rings is 1. The minimum absolute atomic E-state index is 0.139. The molecular weight excluding hydrogens is 462 g/mol. The number of urea groups is 1. The van der Waals surface area contributed by atoms with Crippen LogP contribution in [0.15, 0.2) is 65.1 Å². The highest BCUT2D eigenvalue weighted by Crippen LogP contribution is 2.29. The Balaban J connectivity index is 1.78. The molecule has 1 N–H and O–H groups in total. The molecule has 0 aliphatic rings. The van der Waals surface area contributed by atoms with Gasteiger partial charge in [-0.2, -0.15) is 0 Å². The van der Waals surface area contributed by atoms with E-state index in [1.54, 1.807) is 37.3 Å². The fraction of sp³-hybridized carbons (Fsp3) is 0.333. The first-order chi connectivity index (χ1) is 17.4. The molecule has 0 aliphatic carbocycles. The summed E-state index contributed by atoms with van der Waals surface area (Å²) in [5.41, 5.74) is 1.44. The van der Waals surface area contributed by atoms with Crippen LogP contribution in [0.2, 0.25) is 0 Å². The van der Waals surface area contributed by atoms with Crippen molar-refractivity contribution < 1.29 is 28.2 Å². The van der Waals surface area contributed by atoms with E-state index in [1.165, 1.54) is 12.0 Å². The van der Waals surface area contributed by atoms with Gasteiger partial charge in [0.25, 0.3) is 0 Å². The summed E-state index contributed by atoms with van der Waals surface area (Å²) in [5, 5.41) is 2.83.